The number of unbranched alkanes of at least 4 members (excludes halogenated alkanes) is 1. The minimum absolute atomic E-state index is 0.417. The molecule has 6 heteroatoms. The van der Waals surface area contributed by atoms with E-state index in [2.05, 4.69) is 28.9 Å². The summed E-state index contributed by atoms with van der Waals surface area (Å²) in [5, 5.41) is 10.7. The van der Waals surface area contributed by atoms with E-state index < -0.39 is 0 Å². The Morgan fingerprint density at radius 2 is 1.56 bits per heavy atom. The van der Waals surface area contributed by atoms with Gasteiger partial charge in [-0.2, -0.15) is 0 Å². The van der Waals surface area contributed by atoms with E-state index in [1.54, 1.807) is 20.7 Å². The van der Waals surface area contributed by atoms with Crippen LogP contribution < -0.4 is 0 Å². The van der Waals surface area contributed by atoms with Crippen LogP contribution in [0.2, 0.25) is 0 Å². The van der Waals surface area contributed by atoms with Crippen LogP contribution in [0, 0.1) is 3.82 Å². The fourth-order valence-electron chi connectivity index (χ4n) is 2.88. The number of rotatable bonds is 8. The second kappa shape index (κ2) is 9.24. The lowest BCUT2D eigenvalue weighted by molar-refractivity contribution is 0.368. The standard InChI is InChI=1S/C19H28N2OS3/c1-6-7-8-16-18(24-25-19(16)23)13-9-14(11-20(2)3)17(22)15(10-13)12-21(4)5/h9-10,22H,6-8,11-12H2,1-5H3. The molecule has 0 fully saturated rings. The van der Waals surface area contributed by atoms with Crippen molar-refractivity contribution in [3.8, 4) is 16.2 Å². The average molecular weight is 397 g/mol. The molecule has 0 saturated heterocycles. The number of benzene rings is 1. The summed E-state index contributed by atoms with van der Waals surface area (Å²) in [6.07, 6.45) is 3.37. The summed E-state index contributed by atoms with van der Waals surface area (Å²) in [6.45, 7) is 3.66. The zero-order valence-electron chi connectivity index (χ0n) is 15.8. The molecule has 0 bridgehead atoms. The van der Waals surface area contributed by atoms with Gasteiger partial charge in [-0.15, -0.1) is 0 Å². The molecular weight excluding hydrogens is 368 g/mol. The van der Waals surface area contributed by atoms with E-state index in [1.807, 2.05) is 28.2 Å². The molecule has 25 heavy (non-hydrogen) atoms. The van der Waals surface area contributed by atoms with Gasteiger partial charge in [-0.05, 0) is 64.3 Å². The van der Waals surface area contributed by atoms with Gasteiger partial charge in [-0.1, -0.05) is 46.2 Å². The highest BCUT2D eigenvalue weighted by Crippen LogP contribution is 2.39. The maximum absolute atomic E-state index is 10.7. The van der Waals surface area contributed by atoms with E-state index in [4.69, 9.17) is 12.2 Å². The predicted molar refractivity (Wildman–Crippen MR) is 114 cm³/mol. The van der Waals surface area contributed by atoms with Crippen molar-refractivity contribution < 1.29 is 5.11 Å². The van der Waals surface area contributed by atoms with Crippen molar-refractivity contribution in [3.63, 3.8) is 0 Å². The quantitative estimate of drug-likeness (QED) is 0.479. The summed E-state index contributed by atoms with van der Waals surface area (Å²) in [6, 6.07) is 4.27. The lowest BCUT2D eigenvalue weighted by Crippen LogP contribution is -2.14. The molecule has 0 amide bonds. The SMILES string of the molecule is CCCCc1c(-c2cc(CN(C)C)c(O)c(CN(C)C)c2)ssc1=S. The molecule has 1 heterocycles. The van der Waals surface area contributed by atoms with Crippen LogP contribution in [0.5, 0.6) is 5.75 Å². The van der Waals surface area contributed by atoms with Gasteiger partial charge in [0.2, 0.25) is 0 Å². The maximum atomic E-state index is 10.7. The molecule has 0 unspecified atom stereocenters. The molecule has 1 aromatic carbocycles. The molecule has 0 atom stereocenters. The molecule has 1 aromatic heterocycles. The second-order valence-corrected chi connectivity index (χ2v) is 9.80. The van der Waals surface area contributed by atoms with Crippen LogP contribution >= 0.6 is 32.9 Å². The third kappa shape index (κ3) is 5.34. The van der Waals surface area contributed by atoms with Gasteiger partial charge in [0.05, 0.1) is 4.88 Å². The molecule has 0 aliphatic rings. The van der Waals surface area contributed by atoms with Crippen LogP contribution in [0.25, 0.3) is 10.4 Å². The third-order valence-electron chi connectivity index (χ3n) is 4.00. The molecule has 138 valence electrons. The zero-order chi connectivity index (χ0) is 18.6. The Kier molecular flexibility index (Phi) is 7.58. The Labute approximate surface area is 163 Å². The zero-order valence-corrected chi connectivity index (χ0v) is 18.2. The van der Waals surface area contributed by atoms with Crippen LogP contribution in [-0.2, 0) is 19.5 Å². The molecular formula is C19H28N2OS3. The Morgan fingerprint density at radius 3 is 2.04 bits per heavy atom. The van der Waals surface area contributed by atoms with Crippen molar-refractivity contribution in [3.05, 3.63) is 32.6 Å². The van der Waals surface area contributed by atoms with Gasteiger partial charge in [0.25, 0.3) is 0 Å². The van der Waals surface area contributed by atoms with E-state index >= 15 is 0 Å². The summed E-state index contributed by atoms with van der Waals surface area (Å²) in [4.78, 5) is 5.46. The van der Waals surface area contributed by atoms with E-state index in [0.29, 0.717) is 5.75 Å². The Morgan fingerprint density at radius 1 is 1.00 bits per heavy atom. The second-order valence-electron chi connectivity index (χ2n) is 6.98. The van der Waals surface area contributed by atoms with Crippen LogP contribution in [0.3, 0.4) is 0 Å². The van der Waals surface area contributed by atoms with Crippen molar-refractivity contribution in [2.24, 2.45) is 0 Å². The fraction of sp³-hybridized carbons (Fsp3) is 0.526. The van der Waals surface area contributed by atoms with Gasteiger partial charge in [-0.25, -0.2) is 0 Å². The van der Waals surface area contributed by atoms with E-state index in [9.17, 15) is 5.11 Å². The highest BCUT2D eigenvalue weighted by atomic mass is 32.9. The van der Waals surface area contributed by atoms with Crippen LogP contribution in [0.1, 0.15) is 36.5 Å². The van der Waals surface area contributed by atoms with Gasteiger partial charge >= 0.3 is 0 Å². The monoisotopic (exact) mass is 396 g/mol. The predicted octanol–water partition coefficient (Wildman–Crippen LogP) is 5.38. The van der Waals surface area contributed by atoms with E-state index in [-0.39, 0.29) is 0 Å². The first-order valence-corrected chi connectivity index (χ1v) is 11.2. The van der Waals surface area contributed by atoms with Crippen molar-refractivity contribution in [1.82, 2.24) is 9.80 Å². The molecule has 0 aliphatic heterocycles. The van der Waals surface area contributed by atoms with Crippen LogP contribution in [-0.4, -0.2) is 43.1 Å². The first-order chi connectivity index (χ1) is 11.8. The molecule has 1 N–H and O–H groups in total. The fourth-order valence-corrected chi connectivity index (χ4v) is 5.87. The average Bonchev–Trinajstić information content (AvgIpc) is 2.89. The molecule has 0 spiro atoms. The summed E-state index contributed by atoms with van der Waals surface area (Å²) in [5.41, 5.74) is 4.45. The Balaban J connectivity index is 2.55. The number of hydrogen-bond donors (Lipinski definition) is 1. The molecule has 0 saturated carbocycles. The maximum Gasteiger partial charge on any atom is 0.124 e. The van der Waals surface area contributed by atoms with Crippen molar-refractivity contribution >= 4 is 32.9 Å². The molecule has 0 radical (unpaired) electrons. The highest BCUT2D eigenvalue weighted by molar-refractivity contribution is 7.80. The lowest BCUT2D eigenvalue weighted by atomic mass is 9.99. The topological polar surface area (TPSA) is 26.7 Å². The smallest absolute Gasteiger partial charge is 0.124 e. The lowest BCUT2D eigenvalue weighted by Gasteiger charge is -2.18. The van der Waals surface area contributed by atoms with Crippen LogP contribution in [0.15, 0.2) is 12.1 Å². The van der Waals surface area contributed by atoms with Gasteiger partial charge in [-0.3, -0.25) is 0 Å². The van der Waals surface area contributed by atoms with Crippen molar-refractivity contribution in [1.29, 1.82) is 0 Å². The van der Waals surface area contributed by atoms with Crippen LogP contribution in [0.4, 0.5) is 0 Å². The Hall–Kier alpha value is -0.790. The number of phenolic OH excluding ortho intramolecular Hbond substituents is 1. The summed E-state index contributed by atoms with van der Waals surface area (Å²) >= 11 is 5.58. The first kappa shape index (κ1) is 20.5. The number of hydrogen-bond acceptors (Lipinski definition) is 6. The van der Waals surface area contributed by atoms with Crippen molar-refractivity contribution in [2.45, 2.75) is 39.3 Å². The number of nitrogens with zero attached hydrogens (tertiary/aromatic N) is 2. The largest absolute Gasteiger partial charge is 0.507 e. The highest BCUT2D eigenvalue weighted by Gasteiger charge is 2.16. The number of aromatic hydroxyl groups is 1. The summed E-state index contributed by atoms with van der Waals surface area (Å²) < 4.78 is 1.02. The molecule has 2 rings (SSSR count). The Bertz CT molecular complexity index is 731. The van der Waals surface area contributed by atoms with Gasteiger partial charge in [0.1, 0.15) is 9.57 Å². The minimum Gasteiger partial charge on any atom is -0.507 e. The first-order valence-electron chi connectivity index (χ1n) is 8.60. The van der Waals surface area contributed by atoms with Crippen molar-refractivity contribution in [2.75, 3.05) is 28.2 Å². The van der Waals surface area contributed by atoms with Gasteiger partial charge in [0, 0.05) is 24.2 Å². The van der Waals surface area contributed by atoms with Gasteiger partial charge in [0.15, 0.2) is 0 Å². The summed E-state index contributed by atoms with van der Waals surface area (Å²) in [7, 11) is 11.6. The van der Waals surface area contributed by atoms with E-state index in [1.165, 1.54) is 22.4 Å². The normalized spacial score (nSPS) is 11.6. The number of phenols is 1. The minimum atomic E-state index is 0.417. The molecule has 3 nitrogen and oxygen atoms in total. The third-order valence-corrected chi connectivity index (χ3v) is 7.20. The van der Waals surface area contributed by atoms with E-state index in [0.717, 1.165) is 40.9 Å². The van der Waals surface area contributed by atoms with Gasteiger partial charge < -0.3 is 14.9 Å². The molecule has 2 aromatic rings. The summed E-state index contributed by atoms with van der Waals surface area (Å²) in [5.74, 6) is 0.417. The molecule has 0 aliphatic carbocycles.